The predicted molar refractivity (Wildman–Crippen MR) is 79.3 cm³/mol. The lowest BCUT2D eigenvalue weighted by Crippen LogP contribution is -2.18. The molecular formula is C14H12N2O4S. The summed E-state index contributed by atoms with van der Waals surface area (Å²) in [7, 11) is 1.48. The van der Waals surface area contributed by atoms with Gasteiger partial charge in [0.2, 0.25) is 0 Å². The van der Waals surface area contributed by atoms with Crippen molar-refractivity contribution >= 4 is 29.4 Å². The highest BCUT2D eigenvalue weighted by Gasteiger charge is 2.10. The average Bonchev–Trinajstić information content (AvgIpc) is 2.96. The summed E-state index contributed by atoms with van der Waals surface area (Å²) in [5, 5.41) is 12.6. The standard InChI is InChI=1S/C14H12N2O4S/c1-20-11-5-3-2-4-10(11)13(17)16-15-8-9-6-7-12(21-9)14(18)19/h2-8H,1H3,(H,16,17)(H,18,19)/b15-8+. The van der Waals surface area contributed by atoms with Gasteiger partial charge < -0.3 is 9.84 Å². The minimum Gasteiger partial charge on any atom is -0.496 e. The summed E-state index contributed by atoms with van der Waals surface area (Å²) >= 11 is 1.07. The van der Waals surface area contributed by atoms with Crippen LogP contribution in [0.1, 0.15) is 24.9 Å². The predicted octanol–water partition coefficient (Wildman–Crippen LogP) is 2.22. The molecule has 0 saturated heterocycles. The van der Waals surface area contributed by atoms with E-state index < -0.39 is 11.9 Å². The van der Waals surface area contributed by atoms with E-state index in [0.717, 1.165) is 11.3 Å². The fraction of sp³-hybridized carbons (Fsp3) is 0.0714. The van der Waals surface area contributed by atoms with Crippen molar-refractivity contribution in [3.05, 3.63) is 51.7 Å². The highest BCUT2D eigenvalue weighted by Crippen LogP contribution is 2.17. The van der Waals surface area contributed by atoms with Gasteiger partial charge in [-0.1, -0.05) is 12.1 Å². The molecule has 2 N–H and O–H groups in total. The Balaban J connectivity index is 2.03. The molecule has 2 aromatic rings. The van der Waals surface area contributed by atoms with E-state index in [9.17, 15) is 9.59 Å². The first kappa shape index (κ1) is 14.7. The van der Waals surface area contributed by atoms with Gasteiger partial charge in [-0.25, -0.2) is 10.2 Å². The van der Waals surface area contributed by atoms with Gasteiger partial charge >= 0.3 is 5.97 Å². The van der Waals surface area contributed by atoms with Crippen molar-refractivity contribution in [3.8, 4) is 5.75 Å². The first-order chi connectivity index (χ1) is 10.1. The van der Waals surface area contributed by atoms with Crippen molar-refractivity contribution in [1.82, 2.24) is 5.43 Å². The van der Waals surface area contributed by atoms with Crippen LogP contribution in [0.5, 0.6) is 5.75 Å². The van der Waals surface area contributed by atoms with E-state index in [0.29, 0.717) is 16.2 Å². The molecule has 0 aliphatic carbocycles. The molecule has 0 aliphatic rings. The largest absolute Gasteiger partial charge is 0.496 e. The SMILES string of the molecule is COc1ccccc1C(=O)N/N=C/c1ccc(C(=O)O)s1. The third-order valence-electron chi connectivity index (χ3n) is 2.55. The van der Waals surface area contributed by atoms with Crippen molar-refractivity contribution < 1.29 is 19.4 Å². The minimum atomic E-state index is -0.988. The zero-order valence-corrected chi connectivity index (χ0v) is 11.9. The van der Waals surface area contributed by atoms with Crippen molar-refractivity contribution in [2.24, 2.45) is 5.10 Å². The number of ether oxygens (including phenoxy) is 1. The molecule has 2 rings (SSSR count). The second-order valence-electron chi connectivity index (χ2n) is 3.91. The van der Waals surface area contributed by atoms with Crippen molar-refractivity contribution in [3.63, 3.8) is 0 Å². The Bertz CT molecular complexity index is 694. The van der Waals surface area contributed by atoms with Crippen LogP contribution in [0.4, 0.5) is 0 Å². The first-order valence-corrected chi connectivity index (χ1v) is 6.73. The second kappa shape index (κ2) is 6.67. The molecule has 0 aliphatic heterocycles. The van der Waals surface area contributed by atoms with Crippen LogP contribution in [-0.2, 0) is 0 Å². The van der Waals surface area contributed by atoms with Gasteiger partial charge in [-0.3, -0.25) is 4.79 Å². The van der Waals surface area contributed by atoms with Gasteiger partial charge in [0.25, 0.3) is 5.91 Å². The molecular weight excluding hydrogens is 292 g/mol. The van der Waals surface area contributed by atoms with Gasteiger partial charge in [0, 0.05) is 4.88 Å². The number of carboxylic acids is 1. The number of carbonyl (C=O) groups excluding carboxylic acids is 1. The second-order valence-corrected chi connectivity index (χ2v) is 5.02. The Morgan fingerprint density at radius 2 is 2.05 bits per heavy atom. The molecule has 1 amide bonds. The van der Waals surface area contributed by atoms with E-state index in [1.807, 2.05) is 0 Å². The number of carboxylic acid groups (broad SMARTS) is 1. The van der Waals surface area contributed by atoms with Gasteiger partial charge in [0.05, 0.1) is 18.9 Å². The smallest absolute Gasteiger partial charge is 0.345 e. The zero-order chi connectivity index (χ0) is 15.2. The van der Waals surface area contributed by atoms with E-state index in [1.165, 1.54) is 19.4 Å². The Labute approximate surface area is 124 Å². The monoisotopic (exact) mass is 304 g/mol. The summed E-state index contributed by atoms with van der Waals surface area (Å²) in [6, 6.07) is 9.88. The van der Waals surface area contributed by atoms with Crippen molar-refractivity contribution in [2.45, 2.75) is 0 Å². The van der Waals surface area contributed by atoms with Crippen LogP contribution < -0.4 is 10.2 Å². The number of nitrogens with zero attached hydrogens (tertiary/aromatic N) is 1. The van der Waals surface area contributed by atoms with Gasteiger partial charge in [-0.05, 0) is 24.3 Å². The van der Waals surface area contributed by atoms with E-state index in [1.54, 1.807) is 30.3 Å². The number of thiophene rings is 1. The maximum atomic E-state index is 11.9. The fourth-order valence-electron chi connectivity index (χ4n) is 1.58. The van der Waals surface area contributed by atoms with Crippen LogP contribution in [-0.4, -0.2) is 30.3 Å². The highest BCUT2D eigenvalue weighted by atomic mass is 32.1. The number of benzene rings is 1. The summed E-state index contributed by atoms with van der Waals surface area (Å²) in [5.74, 6) is -0.939. The number of hydrogen-bond donors (Lipinski definition) is 2. The number of rotatable bonds is 5. The molecule has 108 valence electrons. The van der Waals surface area contributed by atoms with E-state index >= 15 is 0 Å². The Hall–Kier alpha value is -2.67. The maximum Gasteiger partial charge on any atom is 0.345 e. The van der Waals surface area contributed by atoms with Crippen LogP contribution in [0.2, 0.25) is 0 Å². The summed E-state index contributed by atoms with van der Waals surface area (Å²) in [6.07, 6.45) is 1.39. The number of carbonyl (C=O) groups is 2. The molecule has 0 radical (unpaired) electrons. The lowest BCUT2D eigenvalue weighted by atomic mass is 10.2. The Morgan fingerprint density at radius 3 is 2.71 bits per heavy atom. The molecule has 1 aromatic heterocycles. The third-order valence-corrected chi connectivity index (χ3v) is 3.55. The van der Waals surface area contributed by atoms with Crippen LogP contribution in [0, 0.1) is 0 Å². The van der Waals surface area contributed by atoms with Gasteiger partial charge in [-0.2, -0.15) is 5.10 Å². The van der Waals surface area contributed by atoms with Crippen molar-refractivity contribution in [2.75, 3.05) is 7.11 Å². The molecule has 1 heterocycles. The number of hydrazone groups is 1. The molecule has 0 atom stereocenters. The molecule has 0 unspecified atom stereocenters. The van der Waals surface area contributed by atoms with Gasteiger partial charge in [0.1, 0.15) is 10.6 Å². The fourth-order valence-corrected chi connectivity index (χ4v) is 2.30. The Morgan fingerprint density at radius 1 is 1.29 bits per heavy atom. The zero-order valence-electron chi connectivity index (χ0n) is 11.1. The number of para-hydroxylation sites is 1. The lowest BCUT2D eigenvalue weighted by Gasteiger charge is -2.05. The number of nitrogens with one attached hydrogen (secondary N) is 1. The molecule has 0 bridgehead atoms. The minimum absolute atomic E-state index is 0.215. The maximum absolute atomic E-state index is 11.9. The summed E-state index contributed by atoms with van der Waals surface area (Å²) in [5.41, 5.74) is 2.74. The molecule has 7 heteroatoms. The number of amides is 1. The van der Waals surface area contributed by atoms with Gasteiger partial charge in [0.15, 0.2) is 0 Å². The molecule has 21 heavy (non-hydrogen) atoms. The normalized spacial score (nSPS) is 10.5. The number of aromatic carboxylic acids is 1. The number of methoxy groups -OCH3 is 1. The first-order valence-electron chi connectivity index (χ1n) is 5.91. The topological polar surface area (TPSA) is 88.0 Å². The van der Waals surface area contributed by atoms with E-state index in [-0.39, 0.29) is 4.88 Å². The molecule has 6 nitrogen and oxygen atoms in total. The Kier molecular flexibility index (Phi) is 4.68. The molecule has 0 spiro atoms. The average molecular weight is 304 g/mol. The summed E-state index contributed by atoms with van der Waals surface area (Å²) in [4.78, 5) is 23.5. The summed E-state index contributed by atoms with van der Waals surface area (Å²) < 4.78 is 5.08. The molecule has 1 aromatic carbocycles. The number of hydrogen-bond acceptors (Lipinski definition) is 5. The molecule has 0 saturated carbocycles. The van der Waals surface area contributed by atoms with Crippen LogP contribution >= 0.6 is 11.3 Å². The van der Waals surface area contributed by atoms with E-state index in [4.69, 9.17) is 9.84 Å². The van der Waals surface area contributed by atoms with Crippen molar-refractivity contribution in [1.29, 1.82) is 0 Å². The molecule has 0 fully saturated rings. The quantitative estimate of drug-likeness (QED) is 0.655. The van der Waals surface area contributed by atoms with E-state index in [2.05, 4.69) is 10.5 Å². The van der Waals surface area contributed by atoms with Crippen LogP contribution in [0.15, 0.2) is 41.5 Å². The lowest BCUT2D eigenvalue weighted by molar-refractivity contribution is 0.0702. The highest BCUT2D eigenvalue weighted by molar-refractivity contribution is 7.15. The van der Waals surface area contributed by atoms with Crippen LogP contribution in [0.3, 0.4) is 0 Å². The van der Waals surface area contributed by atoms with Gasteiger partial charge in [-0.15, -0.1) is 11.3 Å². The third kappa shape index (κ3) is 3.67. The van der Waals surface area contributed by atoms with Crippen LogP contribution in [0.25, 0.3) is 0 Å². The summed E-state index contributed by atoms with van der Waals surface area (Å²) in [6.45, 7) is 0.